The van der Waals surface area contributed by atoms with E-state index in [4.69, 9.17) is 0 Å². The van der Waals surface area contributed by atoms with Crippen LogP contribution in [0.2, 0.25) is 0 Å². The first-order valence-electron chi connectivity index (χ1n) is 4.91. The molecule has 0 saturated heterocycles. The quantitative estimate of drug-likeness (QED) is 0.711. The van der Waals surface area contributed by atoms with Crippen molar-refractivity contribution in [3.63, 3.8) is 0 Å². The van der Waals surface area contributed by atoms with Gasteiger partial charge in [-0.2, -0.15) is 5.10 Å². The van der Waals surface area contributed by atoms with E-state index in [1.807, 2.05) is 10.7 Å². The Labute approximate surface area is 89.0 Å². The van der Waals surface area contributed by atoms with E-state index in [1.165, 1.54) is 0 Å². The fourth-order valence-corrected chi connectivity index (χ4v) is 1.44. The van der Waals surface area contributed by atoms with Crippen molar-refractivity contribution in [2.75, 3.05) is 0 Å². The number of aromatic nitrogens is 4. The largest absolute Gasteiger partial charge is 0.256 e. The Morgan fingerprint density at radius 1 is 1.07 bits per heavy atom. The van der Waals surface area contributed by atoms with Gasteiger partial charge in [-0.15, -0.1) is 0 Å². The number of rotatable bonds is 1. The molecule has 2 heterocycles. The Morgan fingerprint density at radius 3 is 2.33 bits per heavy atom. The smallest absolute Gasteiger partial charge is 0.177 e. The molecule has 0 atom stereocenters. The second kappa shape index (κ2) is 3.46. The summed E-state index contributed by atoms with van der Waals surface area (Å²) in [6.07, 6.45) is 5.25. The minimum absolute atomic E-state index is 0.0575. The predicted molar refractivity (Wildman–Crippen MR) is 58.2 cm³/mol. The summed E-state index contributed by atoms with van der Waals surface area (Å²) in [6.45, 7) is 6.31. The average Bonchev–Trinajstić information content (AvgIpc) is 2.67. The molecule has 0 aromatic carbocycles. The number of hydrogen-bond donors (Lipinski definition) is 0. The monoisotopic (exact) mass is 202 g/mol. The second-order valence-electron chi connectivity index (χ2n) is 4.37. The second-order valence-corrected chi connectivity index (χ2v) is 4.37. The molecule has 0 fully saturated rings. The molecule has 4 heteroatoms. The van der Waals surface area contributed by atoms with Crippen molar-refractivity contribution in [2.45, 2.75) is 26.3 Å². The molecule has 2 aromatic rings. The summed E-state index contributed by atoms with van der Waals surface area (Å²) in [5.41, 5.74) is 0.890. The van der Waals surface area contributed by atoms with Crippen molar-refractivity contribution in [1.82, 2.24) is 19.7 Å². The zero-order valence-corrected chi connectivity index (χ0v) is 9.18. The fraction of sp³-hybridized carbons (Fsp3) is 0.364. The SMILES string of the molecule is CC(C)(C)n1nccc1-c1ncccn1. The van der Waals surface area contributed by atoms with Gasteiger partial charge in [0, 0.05) is 18.6 Å². The molecule has 0 N–H and O–H groups in total. The average molecular weight is 202 g/mol. The number of nitrogens with zero attached hydrogens (tertiary/aromatic N) is 4. The first-order chi connectivity index (χ1) is 7.09. The zero-order valence-electron chi connectivity index (χ0n) is 9.18. The Balaban J connectivity index is 2.51. The van der Waals surface area contributed by atoms with Crippen molar-refractivity contribution < 1.29 is 0 Å². The van der Waals surface area contributed by atoms with Crippen LogP contribution in [-0.2, 0) is 5.54 Å². The maximum atomic E-state index is 4.30. The topological polar surface area (TPSA) is 43.6 Å². The summed E-state index contributed by atoms with van der Waals surface area (Å²) in [5.74, 6) is 0.713. The van der Waals surface area contributed by atoms with E-state index in [9.17, 15) is 0 Å². The summed E-state index contributed by atoms with van der Waals surface area (Å²) in [6, 6.07) is 3.74. The van der Waals surface area contributed by atoms with Crippen molar-refractivity contribution in [2.24, 2.45) is 0 Å². The summed E-state index contributed by atoms with van der Waals surface area (Å²) in [7, 11) is 0. The molecule has 0 radical (unpaired) electrons. The summed E-state index contributed by atoms with van der Waals surface area (Å²) >= 11 is 0. The Kier molecular flexibility index (Phi) is 2.26. The summed E-state index contributed by atoms with van der Waals surface area (Å²) in [5, 5.41) is 4.30. The first-order valence-corrected chi connectivity index (χ1v) is 4.91. The first kappa shape index (κ1) is 9.83. The zero-order chi connectivity index (χ0) is 10.9. The highest BCUT2D eigenvalue weighted by atomic mass is 15.3. The lowest BCUT2D eigenvalue weighted by Gasteiger charge is -2.21. The van der Waals surface area contributed by atoms with Crippen LogP contribution in [0.25, 0.3) is 11.5 Å². The van der Waals surface area contributed by atoms with Crippen LogP contribution in [0.3, 0.4) is 0 Å². The molecule has 4 nitrogen and oxygen atoms in total. The fourth-order valence-electron chi connectivity index (χ4n) is 1.44. The van der Waals surface area contributed by atoms with E-state index in [0.29, 0.717) is 5.82 Å². The third-order valence-corrected chi connectivity index (χ3v) is 2.07. The van der Waals surface area contributed by atoms with Crippen LogP contribution in [0.5, 0.6) is 0 Å². The molecule has 78 valence electrons. The molecule has 0 aliphatic rings. The van der Waals surface area contributed by atoms with Crippen LogP contribution in [0.1, 0.15) is 20.8 Å². The lowest BCUT2D eigenvalue weighted by atomic mass is 10.1. The van der Waals surface area contributed by atoms with Crippen LogP contribution in [0.15, 0.2) is 30.7 Å². The van der Waals surface area contributed by atoms with E-state index in [2.05, 4.69) is 35.8 Å². The van der Waals surface area contributed by atoms with Gasteiger partial charge in [0.25, 0.3) is 0 Å². The van der Waals surface area contributed by atoms with Crippen molar-refractivity contribution >= 4 is 0 Å². The lowest BCUT2D eigenvalue weighted by Crippen LogP contribution is -2.24. The van der Waals surface area contributed by atoms with Gasteiger partial charge < -0.3 is 0 Å². The minimum Gasteiger partial charge on any atom is -0.256 e. The van der Waals surface area contributed by atoms with E-state index in [1.54, 1.807) is 24.7 Å². The van der Waals surface area contributed by atoms with Crippen LogP contribution in [0, 0.1) is 0 Å². The van der Waals surface area contributed by atoms with Crippen LogP contribution >= 0.6 is 0 Å². The van der Waals surface area contributed by atoms with Crippen molar-refractivity contribution in [3.05, 3.63) is 30.7 Å². The van der Waals surface area contributed by atoms with Gasteiger partial charge in [-0.1, -0.05) is 0 Å². The molecule has 15 heavy (non-hydrogen) atoms. The van der Waals surface area contributed by atoms with Crippen LogP contribution in [0.4, 0.5) is 0 Å². The van der Waals surface area contributed by atoms with Gasteiger partial charge in [0.05, 0.1) is 5.54 Å². The number of hydrogen-bond acceptors (Lipinski definition) is 3. The Hall–Kier alpha value is -1.71. The van der Waals surface area contributed by atoms with Gasteiger partial charge in [-0.3, -0.25) is 4.68 Å². The lowest BCUT2D eigenvalue weighted by molar-refractivity contribution is 0.359. The molecular formula is C11H14N4. The molecule has 0 aliphatic carbocycles. The Morgan fingerprint density at radius 2 is 1.73 bits per heavy atom. The van der Waals surface area contributed by atoms with Gasteiger partial charge >= 0.3 is 0 Å². The molecule has 0 aliphatic heterocycles. The summed E-state index contributed by atoms with van der Waals surface area (Å²) in [4.78, 5) is 8.45. The third-order valence-electron chi connectivity index (χ3n) is 2.07. The van der Waals surface area contributed by atoms with Crippen LogP contribution < -0.4 is 0 Å². The molecule has 0 bridgehead atoms. The van der Waals surface area contributed by atoms with Crippen molar-refractivity contribution in [3.8, 4) is 11.5 Å². The maximum Gasteiger partial charge on any atom is 0.177 e. The van der Waals surface area contributed by atoms with Gasteiger partial charge in [-0.05, 0) is 32.9 Å². The highest BCUT2D eigenvalue weighted by Crippen LogP contribution is 2.21. The highest BCUT2D eigenvalue weighted by molar-refractivity contribution is 5.48. The minimum atomic E-state index is -0.0575. The van der Waals surface area contributed by atoms with E-state index in [-0.39, 0.29) is 5.54 Å². The molecule has 2 aromatic heterocycles. The van der Waals surface area contributed by atoms with Gasteiger partial charge in [-0.25, -0.2) is 9.97 Å². The molecule has 0 saturated carbocycles. The van der Waals surface area contributed by atoms with E-state index in [0.717, 1.165) is 5.69 Å². The Bertz CT molecular complexity index is 439. The maximum absolute atomic E-state index is 4.30. The molecule has 0 spiro atoms. The molecular weight excluding hydrogens is 188 g/mol. The highest BCUT2D eigenvalue weighted by Gasteiger charge is 2.18. The van der Waals surface area contributed by atoms with E-state index < -0.39 is 0 Å². The van der Waals surface area contributed by atoms with Gasteiger partial charge in [0.2, 0.25) is 0 Å². The third kappa shape index (κ3) is 1.88. The summed E-state index contributed by atoms with van der Waals surface area (Å²) < 4.78 is 1.93. The standard InChI is InChI=1S/C11H14N4/c1-11(2,3)15-9(5-8-14-15)10-12-6-4-7-13-10/h4-8H,1-3H3. The van der Waals surface area contributed by atoms with Crippen LogP contribution in [-0.4, -0.2) is 19.7 Å². The van der Waals surface area contributed by atoms with Crippen molar-refractivity contribution in [1.29, 1.82) is 0 Å². The van der Waals surface area contributed by atoms with Gasteiger partial charge in [0.1, 0.15) is 5.69 Å². The normalized spacial score (nSPS) is 11.7. The molecule has 0 unspecified atom stereocenters. The molecule has 0 amide bonds. The molecule has 2 rings (SSSR count). The van der Waals surface area contributed by atoms with E-state index >= 15 is 0 Å². The predicted octanol–water partition coefficient (Wildman–Crippen LogP) is 2.10. The van der Waals surface area contributed by atoms with Gasteiger partial charge in [0.15, 0.2) is 5.82 Å².